The van der Waals surface area contributed by atoms with Crippen LogP contribution < -0.4 is 15.8 Å². The second kappa shape index (κ2) is 7.61. The highest BCUT2D eigenvalue weighted by molar-refractivity contribution is 5.92. The van der Waals surface area contributed by atoms with Crippen molar-refractivity contribution >= 4 is 11.8 Å². The van der Waals surface area contributed by atoms with Gasteiger partial charge >= 0.3 is 0 Å². The first kappa shape index (κ1) is 16.0. The fourth-order valence-electron chi connectivity index (χ4n) is 1.86. The molecule has 0 aromatic heterocycles. The standard InChI is InChI=1S/C17H15N3O3/c18-9-12-4-6-15(7-5-12)23-11-16(21)20-10-13-2-1-3-14(8-13)17(19)22/h1-8H,10-11H2,(H2,19,22)(H,20,21). The number of amides is 2. The Morgan fingerprint density at radius 1 is 1.17 bits per heavy atom. The number of nitrogens with one attached hydrogen (secondary N) is 1. The molecule has 23 heavy (non-hydrogen) atoms. The molecule has 0 aliphatic rings. The lowest BCUT2D eigenvalue weighted by atomic mass is 10.1. The minimum atomic E-state index is -0.512. The third-order valence-electron chi connectivity index (χ3n) is 3.05. The number of benzene rings is 2. The Hall–Kier alpha value is -3.33. The van der Waals surface area contributed by atoms with E-state index >= 15 is 0 Å². The molecule has 6 heteroatoms. The number of nitrogens with two attached hydrogens (primary N) is 1. The molecule has 0 radical (unpaired) electrons. The van der Waals surface area contributed by atoms with E-state index in [4.69, 9.17) is 15.7 Å². The van der Waals surface area contributed by atoms with Crippen LogP contribution in [0.4, 0.5) is 0 Å². The third kappa shape index (κ3) is 4.86. The number of carbonyl (C=O) groups is 2. The van der Waals surface area contributed by atoms with Crippen molar-refractivity contribution in [2.75, 3.05) is 6.61 Å². The number of nitrogens with zero attached hydrogens (tertiary/aromatic N) is 1. The second-order valence-corrected chi connectivity index (χ2v) is 4.77. The van der Waals surface area contributed by atoms with Gasteiger partial charge in [-0.1, -0.05) is 12.1 Å². The fraction of sp³-hybridized carbons (Fsp3) is 0.118. The molecular weight excluding hydrogens is 294 g/mol. The van der Waals surface area contributed by atoms with Gasteiger partial charge in [0.25, 0.3) is 5.91 Å². The zero-order chi connectivity index (χ0) is 16.7. The van der Waals surface area contributed by atoms with E-state index in [0.717, 1.165) is 5.56 Å². The molecule has 2 aromatic rings. The highest BCUT2D eigenvalue weighted by Gasteiger charge is 2.05. The maximum absolute atomic E-state index is 11.8. The molecule has 0 bridgehead atoms. The summed E-state index contributed by atoms with van der Waals surface area (Å²) in [7, 11) is 0. The molecule has 2 amide bonds. The van der Waals surface area contributed by atoms with Crippen molar-refractivity contribution in [3.63, 3.8) is 0 Å². The molecule has 0 fully saturated rings. The summed E-state index contributed by atoms with van der Waals surface area (Å²) in [5.74, 6) is -0.295. The lowest BCUT2D eigenvalue weighted by molar-refractivity contribution is -0.123. The normalized spacial score (nSPS) is 9.70. The number of rotatable bonds is 6. The first-order chi connectivity index (χ1) is 11.1. The van der Waals surface area contributed by atoms with Gasteiger partial charge in [0.15, 0.2) is 6.61 Å². The number of carbonyl (C=O) groups excluding carboxylic acids is 2. The van der Waals surface area contributed by atoms with Crippen LogP contribution >= 0.6 is 0 Å². The van der Waals surface area contributed by atoms with Gasteiger partial charge in [-0.15, -0.1) is 0 Å². The summed E-state index contributed by atoms with van der Waals surface area (Å²) in [6.07, 6.45) is 0. The summed E-state index contributed by atoms with van der Waals surface area (Å²) in [6, 6.07) is 15.2. The van der Waals surface area contributed by atoms with Crippen LogP contribution in [-0.4, -0.2) is 18.4 Å². The zero-order valence-corrected chi connectivity index (χ0v) is 12.3. The predicted molar refractivity (Wildman–Crippen MR) is 83.5 cm³/mol. The Kier molecular flexibility index (Phi) is 5.31. The predicted octanol–water partition coefficient (Wildman–Crippen LogP) is 1.35. The average molecular weight is 309 g/mol. The molecule has 0 saturated carbocycles. The first-order valence-corrected chi connectivity index (χ1v) is 6.87. The van der Waals surface area contributed by atoms with Crippen LogP contribution in [0.2, 0.25) is 0 Å². The van der Waals surface area contributed by atoms with Gasteiger partial charge in [-0.3, -0.25) is 9.59 Å². The number of nitriles is 1. The van der Waals surface area contributed by atoms with Gasteiger partial charge < -0.3 is 15.8 Å². The number of ether oxygens (including phenoxy) is 1. The van der Waals surface area contributed by atoms with Gasteiger partial charge in [-0.05, 0) is 42.0 Å². The molecule has 116 valence electrons. The van der Waals surface area contributed by atoms with E-state index in [1.54, 1.807) is 48.5 Å². The smallest absolute Gasteiger partial charge is 0.258 e. The van der Waals surface area contributed by atoms with Crippen molar-refractivity contribution < 1.29 is 14.3 Å². The maximum atomic E-state index is 11.8. The van der Waals surface area contributed by atoms with Crippen LogP contribution in [0.25, 0.3) is 0 Å². The highest BCUT2D eigenvalue weighted by atomic mass is 16.5. The maximum Gasteiger partial charge on any atom is 0.258 e. The third-order valence-corrected chi connectivity index (χ3v) is 3.05. The minimum Gasteiger partial charge on any atom is -0.484 e. The van der Waals surface area contributed by atoms with Crippen LogP contribution in [0.15, 0.2) is 48.5 Å². The topological polar surface area (TPSA) is 105 Å². The molecule has 0 aliphatic heterocycles. The van der Waals surface area contributed by atoms with Crippen LogP contribution in [0.1, 0.15) is 21.5 Å². The first-order valence-electron chi connectivity index (χ1n) is 6.87. The number of primary amides is 1. The molecule has 0 atom stereocenters. The van der Waals surface area contributed by atoms with E-state index in [0.29, 0.717) is 16.9 Å². The molecule has 0 unspecified atom stereocenters. The summed E-state index contributed by atoms with van der Waals surface area (Å²) in [5, 5.41) is 11.4. The summed E-state index contributed by atoms with van der Waals surface area (Å²) in [4.78, 5) is 22.8. The summed E-state index contributed by atoms with van der Waals surface area (Å²) >= 11 is 0. The largest absolute Gasteiger partial charge is 0.484 e. The van der Waals surface area contributed by atoms with Gasteiger partial charge in [0, 0.05) is 12.1 Å². The monoisotopic (exact) mass is 309 g/mol. The lowest BCUT2D eigenvalue weighted by Crippen LogP contribution is -2.28. The fourth-order valence-corrected chi connectivity index (χ4v) is 1.86. The Labute approximate surface area is 133 Å². The van der Waals surface area contributed by atoms with Gasteiger partial charge in [0.05, 0.1) is 11.6 Å². The highest BCUT2D eigenvalue weighted by Crippen LogP contribution is 2.11. The summed E-state index contributed by atoms with van der Waals surface area (Å²) in [6.45, 7) is 0.137. The molecule has 0 heterocycles. The van der Waals surface area contributed by atoms with E-state index in [2.05, 4.69) is 5.32 Å². The van der Waals surface area contributed by atoms with E-state index in [9.17, 15) is 9.59 Å². The van der Waals surface area contributed by atoms with Crippen molar-refractivity contribution in [2.45, 2.75) is 6.54 Å². The zero-order valence-electron chi connectivity index (χ0n) is 12.3. The van der Waals surface area contributed by atoms with Crippen LogP contribution in [-0.2, 0) is 11.3 Å². The SMILES string of the molecule is N#Cc1ccc(OCC(=O)NCc2cccc(C(N)=O)c2)cc1. The lowest BCUT2D eigenvalue weighted by Gasteiger charge is -2.08. The van der Waals surface area contributed by atoms with Gasteiger partial charge in [0.1, 0.15) is 5.75 Å². The molecule has 0 aliphatic carbocycles. The van der Waals surface area contributed by atoms with Crippen molar-refractivity contribution in [3.05, 3.63) is 65.2 Å². The van der Waals surface area contributed by atoms with Crippen molar-refractivity contribution in [1.82, 2.24) is 5.32 Å². The molecular formula is C17H15N3O3. The molecule has 6 nitrogen and oxygen atoms in total. The van der Waals surface area contributed by atoms with Crippen molar-refractivity contribution in [3.8, 4) is 11.8 Å². The van der Waals surface area contributed by atoms with E-state index in [-0.39, 0.29) is 19.1 Å². The molecule has 0 saturated heterocycles. The Morgan fingerprint density at radius 2 is 1.91 bits per heavy atom. The minimum absolute atomic E-state index is 0.137. The molecule has 2 rings (SSSR count). The average Bonchev–Trinajstić information content (AvgIpc) is 2.58. The molecule has 3 N–H and O–H groups in total. The van der Waals surface area contributed by atoms with Gasteiger partial charge in [-0.2, -0.15) is 5.26 Å². The van der Waals surface area contributed by atoms with Crippen molar-refractivity contribution in [2.24, 2.45) is 5.73 Å². The van der Waals surface area contributed by atoms with Crippen LogP contribution in [0, 0.1) is 11.3 Å². The molecule has 0 spiro atoms. The Balaban J connectivity index is 1.82. The van der Waals surface area contributed by atoms with Gasteiger partial charge in [-0.25, -0.2) is 0 Å². The van der Waals surface area contributed by atoms with Gasteiger partial charge in [0.2, 0.25) is 5.91 Å². The summed E-state index contributed by atoms with van der Waals surface area (Å²) in [5.41, 5.74) is 6.89. The second-order valence-electron chi connectivity index (χ2n) is 4.77. The van der Waals surface area contributed by atoms with Crippen LogP contribution in [0.5, 0.6) is 5.75 Å². The Bertz CT molecular complexity index is 748. The summed E-state index contributed by atoms with van der Waals surface area (Å²) < 4.78 is 5.32. The molecule has 2 aromatic carbocycles. The van der Waals surface area contributed by atoms with E-state index in [1.807, 2.05) is 6.07 Å². The van der Waals surface area contributed by atoms with E-state index < -0.39 is 5.91 Å². The van der Waals surface area contributed by atoms with Crippen LogP contribution in [0.3, 0.4) is 0 Å². The number of hydrogen-bond donors (Lipinski definition) is 2. The quantitative estimate of drug-likeness (QED) is 0.840. The van der Waals surface area contributed by atoms with E-state index in [1.165, 1.54) is 0 Å². The number of hydrogen-bond acceptors (Lipinski definition) is 4. The Morgan fingerprint density at radius 3 is 2.57 bits per heavy atom. The van der Waals surface area contributed by atoms with Crippen molar-refractivity contribution in [1.29, 1.82) is 5.26 Å².